The molecule has 0 radical (unpaired) electrons. The number of benzene rings is 2. The molecule has 0 bridgehead atoms. The maximum Gasteiger partial charge on any atom is 0.252 e. The largest absolute Gasteiger partial charge is 0.350 e. The minimum Gasteiger partial charge on any atom is -0.350 e. The molecule has 0 unspecified atom stereocenters. The van der Waals surface area contributed by atoms with E-state index in [1.54, 1.807) is 0 Å². The Morgan fingerprint density at radius 1 is 1.19 bits per heavy atom. The van der Waals surface area contributed by atoms with Crippen molar-refractivity contribution < 1.29 is 4.79 Å². The van der Waals surface area contributed by atoms with Crippen molar-refractivity contribution in [2.45, 2.75) is 37.2 Å². The molecule has 1 amide bonds. The SMILES string of the molecule is CC(C)(CNC(=O)c1ccccc1SCC#N)N1CCc2ccccc2C1. The molecule has 0 spiro atoms. The second-order valence-corrected chi connectivity index (χ2v) is 8.40. The second-order valence-electron chi connectivity index (χ2n) is 7.38. The van der Waals surface area contributed by atoms with Gasteiger partial charge in [0.15, 0.2) is 0 Å². The fraction of sp³-hybridized carbons (Fsp3) is 0.364. The molecule has 1 aliphatic rings. The van der Waals surface area contributed by atoms with Crippen molar-refractivity contribution in [3.63, 3.8) is 0 Å². The Labute approximate surface area is 165 Å². The average molecular weight is 380 g/mol. The van der Waals surface area contributed by atoms with Crippen molar-refractivity contribution in [1.29, 1.82) is 5.26 Å². The molecular weight excluding hydrogens is 354 g/mol. The molecule has 1 heterocycles. The zero-order valence-corrected chi connectivity index (χ0v) is 16.7. The Hall–Kier alpha value is -2.29. The third kappa shape index (κ3) is 4.71. The smallest absolute Gasteiger partial charge is 0.252 e. The van der Waals surface area contributed by atoms with Crippen LogP contribution >= 0.6 is 11.8 Å². The normalized spacial score (nSPS) is 14.3. The summed E-state index contributed by atoms with van der Waals surface area (Å²) in [6.45, 7) is 6.84. The van der Waals surface area contributed by atoms with E-state index in [-0.39, 0.29) is 11.4 Å². The van der Waals surface area contributed by atoms with E-state index in [0.29, 0.717) is 17.9 Å². The Morgan fingerprint density at radius 2 is 1.89 bits per heavy atom. The quantitative estimate of drug-likeness (QED) is 0.774. The standard InChI is InChI=1S/C22H25N3OS/c1-22(2,25-13-11-17-7-3-4-8-18(17)15-25)16-24-21(26)19-9-5-6-10-20(19)27-14-12-23/h3-10H,11,13-16H2,1-2H3,(H,24,26). The summed E-state index contributed by atoms with van der Waals surface area (Å²) in [6, 6.07) is 18.2. The van der Waals surface area contributed by atoms with E-state index in [9.17, 15) is 4.79 Å². The van der Waals surface area contributed by atoms with Gasteiger partial charge in [-0.15, -0.1) is 11.8 Å². The van der Waals surface area contributed by atoms with E-state index >= 15 is 0 Å². The van der Waals surface area contributed by atoms with Crippen LogP contribution in [0.3, 0.4) is 0 Å². The Bertz CT molecular complexity index is 857. The number of nitrogens with one attached hydrogen (secondary N) is 1. The van der Waals surface area contributed by atoms with E-state index in [4.69, 9.17) is 5.26 Å². The molecule has 3 rings (SSSR count). The lowest BCUT2D eigenvalue weighted by atomic mass is 9.94. The van der Waals surface area contributed by atoms with E-state index in [1.807, 2.05) is 24.3 Å². The van der Waals surface area contributed by atoms with Gasteiger partial charge in [-0.2, -0.15) is 5.26 Å². The van der Waals surface area contributed by atoms with Crippen molar-refractivity contribution in [3.05, 3.63) is 65.2 Å². The minimum absolute atomic E-state index is 0.0819. The Balaban J connectivity index is 1.64. The maximum absolute atomic E-state index is 12.7. The van der Waals surface area contributed by atoms with Gasteiger partial charge in [0.25, 0.3) is 5.91 Å². The molecule has 140 valence electrons. The lowest BCUT2D eigenvalue weighted by molar-refractivity contribution is 0.0824. The number of nitrogens with zero attached hydrogens (tertiary/aromatic N) is 2. The van der Waals surface area contributed by atoms with Crippen molar-refractivity contribution in [3.8, 4) is 6.07 Å². The molecule has 0 atom stereocenters. The second kappa shape index (κ2) is 8.60. The first-order chi connectivity index (χ1) is 13.0. The summed E-state index contributed by atoms with van der Waals surface area (Å²) >= 11 is 1.40. The molecule has 1 N–H and O–H groups in total. The molecule has 0 saturated heterocycles. The monoisotopic (exact) mass is 379 g/mol. The fourth-order valence-corrected chi connectivity index (χ4v) is 4.12. The molecule has 0 aliphatic carbocycles. The van der Waals surface area contributed by atoms with E-state index in [1.165, 1.54) is 22.9 Å². The molecule has 1 aliphatic heterocycles. The van der Waals surface area contributed by atoms with Crippen molar-refractivity contribution in [2.24, 2.45) is 0 Å². The topological polar surface area (TPSA) is 56.1 Å². The molecule has 2 aromatic rings. The van der Waals surface area contributed by atoms with Gasteiger partial charge in [0.2, 0.25) is 0 Å². The third-order valence-electron chi connectivity index (χ3n) is 5.09. The first kappa shape index (κ1) is 19.5. The van der Waals surface area contributed by atoms with Gasteiger partial charge >= 0.3 is 0 Å². The lowest BCUT2D eigenvalue weighted by Gasteiger charge is -2.41. The van der Waals surface area contributed by atoms with Gasteiger partial charge < -0.3 is 5.32 Å². The Morgan fingerprint density at radius 3 is 2.67 bits per heavy atom. The molecule has 2 aromatic carbocycles. The van der Waals surface area contributed by atoms with Crippen LogP contribution < -0.4 is 5.32 Å². The van der Waals surface area contributed by atoms with Crippen LogP contribution in [0.1, 0.15) is 35.3 Å². The number of hydrogen-bond donors (Lipinski definition) is 1. The molecule has 5 heteroatoms. The van der Waals surface area contributed by atoms with Gasteiger partial charge in [-0.1, -0.05) is 36.4 Å². The number of nitriles is 1. The van der Waals surface area contributed by atoms with Crippen molar-refractivity contribution in [2.75, 3.05) is 18.8 Å². The van der Waals surface area contributed by atoms with Gasteiger partial charge in [0, 0.05) is 30.1 Å². The fourth-order valence-electron chi connectivity index (χ4n) is 3.41. The molecule has 0 aromatic heterocycles. The summed E-state index contributed by atoms with van der Waals surface area (Å²) in [5, 5.41) is 11.9. The van der Waals surface area contributed by atoms with Crippen molar-refractivity contribution in [1.82, 2.24) is 10.2 Å². The predicted octanol–water partition coefficient (Wildman–Crippen LogP) is 3.87. The zero-order valence-electron chi connectivity index (χ0n) is 15.9. The van der Waals surface area contributed by atoms with Gasteiger partial charge in [-0.05, 0) is 43.5 Å². The number of carbonyl (C=O) groups is 1. The third-order valence-corrected chi connectivity index (χ3v) is 6.03. The van der Waals surface area contributed by atoms with Crippen molar-refractivity contribution >= 4 is 17.7 Å². The van der Waals surface area contributed by atoms with Gasteiger partial charge in [-0.25, -0.2) is 0 Å². The summed E-state index contributed by atoms with van der Waals surface area (Å²) in [6.07, 6.45) is 1.04. The number of fused-ring (bicyclic) bond motifs is 1. The summed E-state index contributed by atoms with van der Waals surface area (Å²) in [7, 11) is 0. The van der Waals surface area contributed by atoms with Gasteiger partial charge in [0.1, 0.15) is 0 Å². The number of amides is 1. The summed E-state index contributed by atoms with van der Waals surface area (Å²) in [5.74, 6) is 0.254. The number of thioether (sulfide) groups is 1. The van der Waals surface area contributed by atoms with E-state index < -0.39 is 0 Å². The summed E-state index contributed by atoms with van der Waals surface area (Å²) in [4.78, 5) is 16.0. The average Bonchev–Trinajstić information content (AvgIpc) is 2.70. The number of carbonyl (C=O) groups excluding carboxylic acids is 1. The highest BCUT2D eigenvalue weighted by Gasteiger charge is 2.30. The molecular formula is C22H25N3OS. The minimum atomic E-state index is -0.141. The van der Waals surface area contributed by atoms with Crippen LogP contribution in [0.4, 0.5) is 0 Å². The number of rotatable bonds is 6. The summed E-state index contributed by atoms with van der Waals surface area (Å²) < 4.78 is 0. The van der Waals surface area contributed by atoms with Crippen LogP contribution in [-0.4, -0.2) is 35.2 Å². The molecule has 0 saturated carbocycles. The molecule has 4 nitrogen and oxygen atoms in total. The van der Waals surface area contributed by atoms with E-state index in [0.717, 1.165) is 24.4 Å². The van der Waals surface area contributed by atoms with Crippen LogP contribution in [0.2, 0.25) is 0 Å². The van der Waals surface area contributed by atoms with E-state index in [2.05, 4.69) is 54.4 Å². The van der Waals surface area contributed by atoms with Crippen LogP contribution in [-0.2, 0) is 13.0 Å². The van der Waals surface area contributed by atoms with Crippen LogP contribution in [0, 0.1) is 11.3 Å². The summed E-state index contributed by atoms with van der Waals surface area (Å²) in [5.41, 5.74) is 3.30. The zero-order chi connectivity index (χ0) is 19.3. The van der Waals surface area contributed by atoms with Crippen LogP contribution in [0.5, 0.6) is 0 Å². The van der Waals surface area contributed by atoms with Crippen LogP contribution in [0.15, 0.2) is 53.4 Å². The highest BCUT2D eigenvalue weighted by molar-refractivity contribution is 7.99. The highest BCUT2D eigenvalue weighted by Crippen LogP contribution is 2.26. The Kier molecular flexibility index (Phi) is 6.20. The van der Waals surface area contributed by atoms with Gasteiger partial charge in [-0.3, -0.25) is 9.69 Å². The maximum atomic E-state index is 12.7. The first-order valence-electron chi connectivity index (χ1n) is 9.20. The lowest BCUT2D eigenvalue weighted by Crippen LogP contribution is -2.53. The molecule has 0 fully saturated rings. The molecule has 27 heavy (non-hydrogen) atoms. The number of hydrogen-bond acceptors (Lipinski definition) is 4. The first-order valence-corrected chi connectivity index (χ1v) is 10.2. The van der Waals surface area contributed by atoms with Gasteiger partial charge in [0.05, 0.1) is 17.4 Å². The van der Waals surface area contributed by atoms with Crippen LogP contribution in [0.25, 0.3) is 0 Å². The predicted molar refractivity (Wildman–Crippen MR) is 110 cm³/mol. The highest BCUT2D eigenvalue weighted by atomic mass is 32.2.